The molecule has 4 aromatic rings. The van der Waals surface area contributed by atoms with Crippen molar-refractivity contribution in [3.8, 4) is 0 Å². The van der Waals surface area contributed by atoms with Gasteiger partial charge in [0.2, 0.25) is 0 Å². The third-order valence-electron chi connectivity index (χ3n) is 4.86. The van der Waals surface area contributed by atoms with E-state index < -0.39 is 0 Å². The summed E-state index contributed by atoms with van der Waals surface area (Å²) >= 11 is 1.78. The van der Waals surface area contributed by atoms with Crippen LogP contribution in [0.1, 0.15) is 22.5 Å². The van der Waals surface area contributed by atoms with E-state index >= 15 is 0 Å². The van der Waals surface area contributed by atoms with Crippen LogP contribution in [0.4, 0.5) is 0 Å². The van der Waals surface area contributed by atoms with Crippen LogP contribution in [0.5, 0.6) is 0 Å². The van der Waals surface area contributed by atoms with Crippen molar-refractivity contribution < 1.29 is 4.42 Å². The first-order chi connectivity index (χ1) is 15.4. The molecular weight excluding hydrogens is 400 g/mol. The van der Waals surface area contributed by atoms with Crippen LogP contribution in [-0.4, -0.2) is 10.1 Å². The second-order valence-corrected chi connectivity index (χ2v) is 8.22. The summed E-state index contributed by atoms with van der Waals surface area (Å²) in [5.74, 6) is 1.75. The van der Waals surface area contributed by atoms with Crippen molar-refractivity contribution in [2.45, 2.75) is 25.4 Å². The van der Waals surface area contributed by atoms with E-state index in [1.54, 1.807) is 18.0 Å². The van der Waals surface area contributed by atoms with Gasteiger partial charge in [-0.3, -0.25) is 4.99 Å². The van der Waals surface area contributed by atoms with Crippen molar-refractivity contribution in [3.05, 3.63) is 132 Å². The first-order valence-corrected chi connectivity index (χ1v) is 11.4. The molecule has 4 heteroatoms. The quantitative estimate of drug-likeness (QED) is 0.230. The standard InChI is InChI=1S/C27H26N2OS/c1-4-11-23(12-5-1)20-29(21-24-13-6-2-7-14-24)27(28-19-26-17-10-18-30-26)31-22-25-15-8-3-9-16-25/h1-18H,19-22H2. The Morgan fingerprint density at radius 3 is 1.74 bits per heavy atom. The highest BCUT2D eigenvalue weighted by atomic mass is 32.2. The molecule has 0 N–H and O–H groups in total. The molecule has 1 aromatic heterocycles. The Bertz CT molecular complexity index is 1010. The first-order valence-electron chi connectivity index (χ1n) is 10.4. The van der Waals surface area contributed by atoms with Gasteiger partial charge in [0.25, 0.3) is 0 Å². The van der Waals surface area contributed by atoms with Crippen molar-refractivity contribution in [1.29, 1.82) is 0 Å². The summed E-state index contributed by atoms with van der Waals surface area (Å²) in [5.41, 5.74) is 3.83. The minimum absolute atomic E-state index is 0.532. The van der Waals surface area contributed by atoms with Crippen LogP contribution in [0.2, 0.25) is 0 Å². The highest BCUT2D eigenvalue weighted by Crippen LogP contribution is 2.21. The molecule has 0 bridgehead atoms. The number of rotatable bonds is 8. The maximum absolute atomic E-state index is 5.53. The summed E-state index contributed by atoms with van der Waals surface area (Å²) in [5, 5.41) is 1.02. The second-order valence-electron chi connectivity index (χ2n) is 7.28. The Morgan fingerprint density at radius 1 is 0.677 bits per heavy atom. The predicted octanol–water partition coefficient (Wildman–Crippen LogP) is 6.77. The number of thioether (sulfide) groups is 1. The van der Waals surface area contributed by atoms with Crippen LogP contribution >= 0.6 is 11.8 Å². The maximum Gasteiger partial charge on any atom is 0.160 e. The van der Waals surface area contributed by atoms with E-state index in [0.29, 0.717) is 6.54 Å². The molecule has 31 heavy (non-hydrogen) atoms. The zero-order chi connectivity index (χ0) is 21.1. The minimum atomic E-state index is 0.532. The Hall–Kier alpha value is -3.24. The molecule has 0 aliphatic heterocycles. The largest absolute Gasteiger partial charge is 0.467 e. The topological polar surface area (TPSA) is 28.7 Å². The summed E-state index contributed by atoms with van der Waals surface area (Å²) in [6, 6.07) is 35.6. The molecule has 156 valence electrons. The fraction of sp³-hybridized carbons (Fsp3) is 0.148. The van der Waals surface area contributed by atoms with E-state index in [4.69, 9.17) is 9.41 Å². The van der Waals surface area contributed by atoms with Crippen molar-refractivity contribution in [2.75, 3.05) is 0 Å². The highest BCUT2D eigenvalue weighted by molar-refractivity contribution is 8.13. The number of benzene rings is 3. The lowest BCUT2D eigenvalue weighted by molar-refractivity contribution is 0.412. The number of hydrogen-bond donors (Lipinski definition) is 0. The van der Waals surface area contributed by atoms with Crippen molar-refractivity contribution in [3.63, 3.8) is 0 Å². The van der Waals surface area contributed by atoms with E-state index in [0.717, 1.165) is 29.8 Å². The van der Waals surface area contributed by atoms with Crippen LogP contribution in [0.3, 0.4) is 0 Å². The van der Waals surface area contributed by atoms with Crippen molar-refractivity contribution in [2.24, 2.45) is 4.99 Å². The van der Waals surface area contributed by atoms with E-state index in [2.05, 4.69) is 95.9 Å². The van der Waals surface area contributed by atoms with Crippen LogP contribution in [0.25, 0.3) is 0 Å². The van der Waals surface area contributed by atoms with Gasteiger partial charge in [-0.1, -0.05) is 103 Å². The summed E-state index contributed by atoms with van der Waals surface area (Å²) < 4.78 is 5.53. The molecule has 0 saturated heterocycles. The number of furan rings is 1. The average molecular weight is 427 g/mol. The van der Waals surface area contributed by atoms with Gasteiger partial charge in [-0.25, -0.2) is 0 Å². The third-order valence-corrected chi connectivity index (χ3v) is 5.99. The Balaban J connectivity index is 1.60. The Morgan fingerprint density at radius 2 is 1.23 bits per heavy atom. The molecule has 0 unspecified atom stereocenters. The summed E-state index contributed by atoms with van der Waals surface area (Å²) in [4.78, 5) is 7.35. The summed E-state index contributed by atoms with van der Waals surface area (Å²) in [6.07, 6.45) is 1.70. The lowest BCUT2D eigenvalue weighted by atomic mass is 10.2. The van der Waals surface area contributed by atoms with Crippen LogP contribution < -0.4 is 0 Å². The summed E-state index contributed by atoms with van der Waals surface area (Å²) in [6.45, 7) is 2.13. The second kappa shape index (κ2) is 11.2. The highest BCUT2D eigenvalue weighted by Gasteiger charge is 2.14. The molecule has 0 spiro atoms. The van der Waals surface area contributed by atoms with E-state index in [-0.39, 0.29) is 0 Å². The smallest absolute Gasteiger partial charge is 0.160 e. The van der Waals surface area contributed by atoms with Gasteiger partial charge in [-0.15, -0.1) is 0 Å². The molecule has 0 aliphatic carbocycles. The molecular formula is C27H26N2OS. The maximum atomic E-state index is 5.53. The molecule has 0 radical (unpaired) electrons. The Labute approximate surface area is 188 Å². The first kappa shape index (κ1) is 21.0. The van der Waals surface area contributed by atoms with E-state index in [1.807, 2.05) is 12.1 Å². The van der Waals surface area contributed by atoms with Gasteiger partial charge >= 0.3 is 0 Å². The van der Waals surface area contributed by atoms with E-state index in [1.165, 1.54) is 16.7 Å². The zero-order valence-electron chi connectivity index (χ0n) is 17.4. The van der Waals surface area contributed by atoms with Crippen LogP contribution in [0.15, 0.2) is 119 Å². The third kappa shape index (κ3) is 6.63. The van der Waals surface area contributed by atoms with Gasteiger partial charge in [-0.05, 0) is 28.8 Å². The number of nitrogens with zero attached hydrogens (tertiary/aromatic N) is 2. The van der Waals surface area contributed by atoms with Gasteiger partial charge in [0, 0.05) is 18.8 Å². The molecule has 0 saturated carbocycles. The predicted molar refractivity (Wildman–Crippen MR) is 130 cm³/mol. The number of aliphatic imine (C=N–C) groups is 1. The van der Waals surface area contributed by atoms with Crippen LogP contribution in [-0.2, 0) is 25.4 Å². The molecule has 3 nitrogen and oxygen atoms in total. The normalized spacial score (nSPS) is 11.4. The fourth-order valence-corrected chi connectivity index (χ4v) is 4.26. The molecule has 0 atom stereocenters. The van der Waals surface area contributed by atoms with Gasteiger partial charge in [0.15, 0.2) is 5.17 Å². The van der Waals surface area contributed by atoms with Crippen molar-refractivity contribution >= 4 is 16.9 Å². The average Bonchev–Trinajstić information content (AvgIpc) is 3.35. The van der Waals surface area contributed by atoms with E-state index in [9.17, 15) is 0 Å². The lowest BCUT2D eigenvalue weighted by Gasteiger charge is -2.26. The van der Waals surface area contributed by atoms with Gasteiger partial charge in [0.1, 0.15) is 5.76 Å². The zero-order valence-corrected chi connectivity index (χ0v) is 18.2. The molecule has 0 amide bonds. The SMILES string of the molecule is c1ccc(CSC(=NCc2ccco2)N(Cc2ccccc2)Cc2ccccc2)cc1. The molecule has 4 rings (SSSR count). The molecule has 1 heterocycles. The number of hydrogen-bond acceptors (Lipinski definition) is 3. The van der Waals surface area contributed by atoms with Gasteiger partial charge in [0.05, 0.1) is 12.8 Å². The minimum Gasteiger partial charge on any atom is -0.467 e. The van der Waals surface area contributed by atoms with Crippen molar-refractivity contribution in [1.82, 2.24) is 4.90 Å². The monoisotopic (exact) mass is 426 g/mol. The molecule has 0 fully saturated rings. The van der Waals surface area contributed by atoms with Crippen LogP contribution in [0, 0.1) is 0 Å². The number of amidine groups is 1. The summed E-state index contributed by atoms with van der Waals surface area (Å²) in [7, 11) is 0. The van der Waals surface area contributed by atoms with Gasteiger partial charge < -0.3 is 9.32 Å². The Kier molecular flexibility index (Phi) is 7.61. The molecule has 3 aromatic carbocycles. The molecule has 0 aliphatic rings. The lowest BCUT2D eigenvalue weighted by Crippen LogP contribution is -2.28. The van der Waals surface area contributed by atoms with Gasteiger partial charge in [-0.2, -0.15) is 0 Å². The fourth-order valence-electron chi connectivity index (χ4n) is 3.31.